The van der Waals surface area contributed by atoms with E-state index in [-0.39, 0.29) is 0 Å². The Kier molecular flexibility index (Phi) is 7.82. The molecule has 0 aromatic rings. The van der Waals surface area contributed by atoms with E-state index in [0.29, 0.717) is 6.04 Å². The summed E-state index contributed by atoms with van der Waals surface area (Å²) in [5.41, 5.74) is 0. The fraction of sp³-hybridized carbons (Fsp3) is 1.00. The number of unbranched alkanes of at least 4 members (excludes halogenated alkanes) is 1. The first-order valence-corrected chi connectivity index (χ1v) is 7.21. The van der Waals surface area contributed by atoms with Gasteiger partial charge in [-0.15, -0.1) is 0 Å². The molecule has 1 fully saturated rings. The lowest BCUT2D eigenvalue weighted by Crippen LogP contribution is -2.26. The molecule has 1 rings (SSSR count). The summed E-state index contributed by atoms with van der Waals surface area (Å²) in [6.07, 6.45) is 6.34. The van der Waals surface area contributed by atoms with E-state index in [4.69, 9.17) is 4.74 Å². The molecule has 102 valence electrons. The van der Waals surface area contributed by atoms with E-state index in [2.05, 4.69) is 31.1 Å². The van der Waals surface area contributed by atoms with E-state index in [1.54, 1.807) is 0 Å². The average Bonchev–Trinajstić information content (AvgIpc) is 2.68. The van der Waals surface area contributed by atoms with Crippen molar-refractivity contribution >= 4 is 0 Å². The Bertz CT molecular complexity index is 185. The normalized spacial score (nSPS) is 21.5. The minimum atomic E-state index is 0.605. The van der Waals surface area contributed by atoms with Crippen LogP contribution in [0.4, 0.5) is 0 Å². The second-order valence-electron chi connectivity index (χ2n) is 5.49. The molecule has 0 bridgehead atoms. The number of rotatable bonds is 9. The minimum Gasteiger partial charge on any atom is -0.381 e. The maximum atomic E-state index is 5.70. The molecule has 17 heavy (non-hydrogen) atoms. The van der Waals surface area contributed by atoms with Crippen LogP contribution in [0.3, 0.4) is 0 Å². The third kappa shape index (κ3) is 7.02. The van der Waals surface area contributed by atoms with Gasteiger partial charge in [0.1, 0.15) is 0 Å². The summed E-state index contributed by atoms with van der Waals surface area (Å²) in [7, 11) is 2.23. The van der Waals surface area contributed by atoms with E-state index in [1.807, 2.05) is 0 Å². The van der Waals surface area contributed by atoms with Crippen molar-refractivity contribution in [1.29, 1.82) is 0 Å². The summed E-state index contributed by atoms with van der Waals surface area (Å²) >= 11 is 0. The lowest BCUT2D eigenvalue weighted by Gasteiger charge is -2.18. The summed E-state index contributed by atoms with van der Waals surface area (Å²) in [6.45, 7) is 8.63. The first-order valence-electron chi connectivity index (χ1n) is 7.21. The average molecular weight is 242 g/mol. The lowest BCUT2D eigenvalue weighted by atomic mass is 10.1. The van der Waals surface area contributed by atoms with Crippen molar-refractivity contribution in [3.05, 3.63) is 0 Å². The maximum Gasteiger partial charge on any atom is 0.0480 e. The monoisotopic (exact) mass is 242 g/mol. The van der Waals surface area contributed by atoms with Crippen molar-refractivity contribution in [2.75, 3.05) is 33.4 Å². The number of likely N-dealkylation sites (tertiary alicyclic amines) is 1. The van der Waals surface area contributed by atoms with E-state index < -0.39 is 0 Å². The van der Waals surface area contributed by atoms with Crippen molar-refractivity contribution in [2.45, 2.75) is 58.0 Å². The standard InChI is InChI=1S/C14H30N2O/c1-13(2)15-9-4-5-11-17-12-8-14-7-6-10-16(14)3/h13-15H,4-12H2,1-3H3. The molecule has 0 radical (unpaired) electrons. The molecule has 0 spiro atoms. The second-order valence-corrected chi connectivity index (χ2v) is 5.49. The van der Waals surface area contributed by atoms with Crippen molar-refractivity contribution in [2.24, 2.45) is 0 Å². The van der Waals surface area contributed by atoms with Gasteiger partial charge in [-0.3, -0.25) is 0 Å². The highest BCUT2D eigenvalue weighted by molar-refractivity contribution is 4.75. The molecule has 3 heteroatoms. The predicted molar refractivity (Wildman–Crippen MR) is 73.5 cm³/mol. The van der Waals surface area contributed by atoms with Crippen LogP contribution in [0.15, 0.2) is 0 Å². The van der Waals surface area contributed by atoms with Crippen LogP contribution in [-0.4, -0.2) is 50.3 Å². The Morgan fingerprint density at radius 1 is 1.29 bits per heavy atom. The Morgan fingerprint density at radius 3 is 2.76 bits per heavy atom. The van der Waals surface area contributed by atoms with E-state index in [9.17, 15) is 0 Å². The number of nitrogens with zero attached hydrogens (tertiary/aromatic N) is 1. The van der Waals surface area contributed by atoms with Gasteiger partial charge in [0.25, 0.3) is 0 Å². The quantitative estimate of drug-likeness (QED) is 0.628. The Hall–Kier alpha value is -0.120. The van der Waals surface area contributed by atoms with Crippen molar-refractivity contribution in [1.82, 2.24) is 10.2 Å². The molecule has 1 aliphatic heterocycles. The third-order valence-corrected chi connectivity index (χ3v) is 3.53. The first-order chi connectivity index (χ1) is 8.20. The molecule has 1 atom stereocenters. The number of nitrogens with one attached hydrogen (secondary N) is 1. The molecule has 1 unspecified atom stereocenters. The Balaban J connectivity index is 1.81. The summed E-state index contributed by atoms with van der Waals surface area (Å²) in [4.78, 5) is 2.47. The highest BCUT2D eigenvalue weighted by Crippen LogP contribution is 2.17. The molecule has 1 saturated heterocycles. The fourth-order valence-electron chi connectivity index (χ4n) is 2.39. The molecule has 3 nitrogen and oxygen atoms in total. The maximum absolute atomic E-state index is 5.70. The topological polar surface area (TPSA) is 24.5 Å². The van der Waals surface area contributed by atoms with Crippen LogP contribution in [0.1, 0.15) is 46.0 Å². The smallest absolute Gasteiger partial charge is 0.0480 e. The number of ether oxygens (including phenoxy) is 1. The molecular formula is C14H30N2O. The van der Waals surface area contributed by atoms with Gasteiger partial charge in [-0.25, -0.2) is 0 Å². The van der Waals surface area contributed by atoms with Crippen molar-refractivity contribution < 1.29 is 4.74 Å². The molecular weight excluding hydrogens is 212 g/mol. The van der Waals surface area contributed by atoms with Gasteiger partial charge in [0.2, 0.25) is 0 Å². The molecule has 0 aliphatic carbocycles. The van der Waals surface area contributed by atoms with E-state index in [0.717, 1.165) is 25.8 Å². The van der Waals surface area contributed by atoms with Gasteiger partial charge in [0.15, 0.2) is 0 Å². The zero-order chi connectivity index (χ0) is 12.5. The van der Waals surface area contributed by atoms with Crippen LogP contribution in [0.2, 0.25) is 0 Å². The van der Waals surface area contributed by atoms with Gasteiger partial charge in [-0.2, -0.15) is 0 Å². The first kappa shape index (κ1) is 14.9. The molecule has 0 amide bonds. The van der Waals surface area contributed by atoms with Gasteiger partial charge in [0.05, 0.1) is 0 Å². The minimum absolute atomic E-state index is 0.605. The summed E-state index contributed by atoms with van der Waals surface area (Å²) in [5, 5.41) is 3.42. The SMILES string of the molecule is CC(C)NCCCCOCCC1CCCN1C. The van der Waals surface area contributed by atoms with Gasteiger partial charge in [-0.1, -0.05) is 13.8 Å². The molecule has 0 aromatic heterocycles. The van der Waals surface area contributed by atoms with Crippen LogP contribution in [0.5, 0.6) is 0 Å². The summed E-state index contributed by atoms with van der Waals surface area (Å²) in [6, 6.07) is 1.38. The zero-order valence-corrected chi connectivity index (χ0v) is 11.9. The van der Waals surface area contributed by atoms with E-state index >= 15 is 0 Å². The zero-order valence-electron chi connectivity index (χ0n) is 11.9. The molecule has 0 saturated carbocycles. The molecule has 1 aliphatic rings. The van der Waals surface area contributed by atoms with Crippen molar-refractivity contribution in [3.63, 3.8) is 0 Å². The highest BCUT2D eigenvalue weighted by Gasteiger charge is 2.19. The molecule has 0 aromatic carbocycles. The van der Waals surface area contributed by atoms with Crippen LogP contribution < -0.4 is 5.32 Å². The fourth-order valence-corrected chi connectivity index (χ4v) is 2.39. The van der Waals surface area contributed by atoms with Gasteiger partial charge < -0.3 is 15.0 Å². The van der Waals surface area contributed by atoms with Crippen LogP contribution in [-0.2, 0) is 4.74 Å². The summed E-state index contributed by atoms with van der Waals surface area (Å²) < 4.78 is 5.70. The van der Waals surface area contributed by atoms with Gasteiger partial charge in [0, 0.05) is 25.3 Å². The highest BCUT2D eigenvalue weighted by atomic mass is 16.5. The van der Waals surface area contributed by atoms with Crippen LogP contribution >= 0.6 is 0 Å². The molecule has 1 heterocycles. The predicted octanol–water partition coefficient (Wildman–Crippen LogP) is 2.27. The van der Waals surface area contributed by atoms with Gasteiger partial charge in [-0.05, 0) is 52.2 Å². The number of hydrogen-bond acceptors (Lipinski definition) is 3. The summed E-state index contributed by atoms with van der Waals surface area (Å²) in [5.74, 6) is 0. The van der Waals surface area contributed by atoms with Crippen LogP contribution in [0, 0.1) is 0 Å². The Morgan fingerprint density at radius 2 is 2.12 bits per heavy atom. The Labute approximate surface area is 107 Å². The van der Waals surface area contributed by atoms with Crippen molar-refractivity contribution in [3.8, 4) is 0 Å². The third-order valence-electron chi connectivity index (χ3n) is 3.53. The van der Waals surface area contributed by atoms with Crippen LogP contribution in [0.25, 0.3) is 0 Å². The lowest BCUT2D eigenvalue weighted by molar-refractivity contribution is 0.110. The number of hydrogen-bond donors (Lipinski definition) is 1. The van der Waals surface area contributed by atoms with Gasteiger partial charge >= 0.3 is 0 Å². The van der Waals surface area contributed by atoms with E-state index in [1.165, 1.54) is 38.6 Å². The molecule has 1 N–H and O–H groups in total. The second kappa shape index (κ2) is 8.90. The largest absolute Gasteiger partial charge is 0.381 e.